The molecule has 0 spiro atoms. The van der Waals surface area contributed by atoms with E-state index in [-0.39, 0.29) is 135 Å². The Morgan fingerprint density at radius 1 is 1.11 bits per heavy atom. The number of phosphoric ester groups is 1. The number of hydrogen-bond donors (Lipinski definition) is 9. The molecule has 4 radical (unpaired) electrons. The number of rotatable bonds is 8. The van der Waals surface area contributed by atoms with Gasteiger partial charge in [0.2, 0.25) is 5.95 Å². The number of imidazole rings is 1. The normalized spacial score (nSPS) is 24.8. The molecule has 10 N–H and O–H groups in total. The molecule has 1 aliphatic heterocycles. The first-order chi connectivity index (χ1) is 14.6. The Morgan fingerprint density at radius 3 is 2.25 bits per heavy atom. The number of fused-ring (bicyclic) bond motifs is 1. The number of ether oxygens (including phenoxy) is 1. The second kappa shape index (κ2) is 15.6. The molecular weight excluding hydrogens is 597 g/mol. The topological polar surface area (TPSA) is 302 Å². The number of nitrogens with one attached hydrogen (secondary N) is 2. The van der Waals surface area contributed by atoms with Gasteiger partial charge in [-0.05, 0) is 0 Å². The quantitative estimate of drug-likeness (QED) is 0.100. The van der Waals surface area contributed by atoms with Crippen LogP contribution in [0.1, 0.15) is 6.23 Å². The monoisotopic (exact) mass is 614 g/mol. The van der Waals surface area contributed by atoms with Crippen LogP contribution in [0.5, 0.6) is 0 Å². The van der Waals surface area contributed by atoms with Crippen LogP contribution in [0.4, 0.5) is 5.95 Å². The molecule has 0 bridgehead atoms. The summed E-state index contributed by atoms with van der Waals surface area (Å²) in [5.74, 6) is -0.270. The van der Waals surface area contributed by atoms with Gasteiger partial charge in [0.05, 0.1) is 12.9 Å². The Labute approximate surface area is 289 Å². The van der Waals surface area contributed by atoms with Crippen LogP contribution in [0.3, 0.4) is 0 Å². The molecule has 2 unspecified atom stereocenters. The van der Waals surface area contributed by atoms with Crippen molar-refractivity contribution in [2.45, 2.75) is 24.5 Å². The maximum atomic E-state index is 11.9. The molecule has 0 amide bonds. The van der Waals surface area contributed by atoms with Gasteiger partial charge >= 0.3 is 23.3 Å². The number of nitrogen functional groups attached to an aromatic ring is 1. The summed E-state index contributed by atoms with van der Waals surface area (Å²) in [6.07, 6.45) is -5.26. The van der Waals surface area contributed by atoms with Crippen molar-refractivity contribution >= 4 is 159 Å². The third-order valence-electron chi connectivity index (χ3n) is 3.93. The SMILES string of the molecule is Nc1nc2c(ncn2[C@@H]2O[C@H](COP(=O)(O)OP(=O)(O)NP(=O)(O)O)[C@@H](O)[C@H]2O)c(=O)[nH]1.[Na].[Na].[Na].[Na]. The van der Waals surface area contributed by atoms with Crippen LogP contribution in [0, 0.1) is 0 Å². The summed E-state index contributed by atoms with van der Waals surface area (Å²) < 4.78 is 48.7. The minimum Gasteiger partial charge on any atom is -0.387 e. The van der Waals surface area contributed by atoms with Gasteiger partial charge < -0.3 is 40.3 Å². The van der Waals surface area contributed by atoms with Gasteiger partial charge in [0.15, 0.2) is 17.4 Å². The van der Waals surface area contributed by atoms with Crippen molar-refractivity contribution in [3.8, 4) is 0 Å². The smallest absolute Gasteiger partial charge is 0.387 e. The second-order valence-electron chi connectivity index (χ2n) is 6.33. The molecular formula is C10H17N6Na4O13P3. The number of hydrogen-bond acceptors (Lipinski definition) is 12. The number of nitrogens with two attached hydrogens (primary N) is 1. The van der Waals surface area contributed by atoms with E-state index in [4.69, 9.17) is 20.3 Å². The molecule has 26 heteroatoms. The molecule has 1 fully saturated rings. The first-order valence-corrected chi connectivity index (χ1v) is 12.9. The standard InChI is InChI=1S/C10H17N6O13P3.4Na/c11-10-13-7-4(8(19)14-10)12-2-16(7)9-6(18)5(17)3(28-9)1-27-32(25,26)29-31(23,24)15-30(20,21)22;;;;/h2-3,5-6,9,17-18H,1H2,(H,25,26)(H3,11,13,14,19)(H4,15,20,21,22,23,24);;;;/t3-,5-,6-,9-;;;;/m1..../s1. The van der Waals surface area contributed by atoms with Crippen LogP contribution < -0.4 is 16.2 Å². The van der Waals surface area contributed by atoms with E-state index in [0.29, 0.717) is 0 Å². The Kier molecular flexibility index (Phi) is 17.6. The number of anilines is 1. The molecule has 0 aromatic carbocycles. The number of aromatic amines is 1. The summed E-state index contributed by atoms with van der Waals surface area (Å²) in [6, 6.07) is 0. The predicted molar refractivity (Wildman–Crippen MR) is 123 cm³/mol. The number of aliphatic hydroxyl groups excluding tert-OH is 2. The Balaban J connectivity index is 0. The number of nitrogens with zero attached hydrogens (tertiary/aromatic N) is 3. The van der Waals surface area contributed by atoms with Gasteiger partial charge in [-0.25, -0.2) is 18.7 Å². The summed E-state index contributed by atoms with van der Waals surface area (Å²) >= 11 is 0. The predicted octanol–water partition coefficient (Wildman–Crippen LogP) is -4.29. The Morgan fingerprint density at radius 2 is 1.69 bits per heavy atom. The van der Waals surface area contributed by atoms with Crippen LogP contribution in [0.15, 0.2) is 11.1 Å². The van der Waals surface area contributed by atoms with Crippen LogP contribution >= 0.6 is 23.3 Å². The molecule has 36 heavy (non-hydrogen) atoms. The fourth-order valence-electron chi connectivity index (χ4n) is 2.74. The maximum Gasteiger partial charge on any atom is 0.480 e. The van der Waals surface area contributed by atoms with Crippen molar-refractivity contribution in [3.63, 3.8) is 0 Å². The molecule has 1 aliphatic rings. The first-order valence-electron chi connectivity index (χ1n) is 8.19. The average Bonchev–Trinajstić information content (AvgIpc) is 3.12. The summed E-state index contributed by atoms with van der Waals surface area (Å²) in [6.45, 7) is -0.985. The van der Waals surface area contributed by atoms with Gasteiger partial charge in [0.25, 0.3) is 5.56 Å². The van der Waals surface area contributed by atoms with Crippen molar-refractivity contribution in [3.05, 3.63) is 16.7 Å². The molecule has 0 aliphatic carbocycles. The molecule has 6 atom stereocenters. The van der Waals surface area contributed by atoms with E-state index in [0.717, 1.165) is 15.8 Å². The molecule has 184 valence electrons. The van der Waals surface area contributed by atoms with E-state index in [1.54, 1.807) is 0 Å². The fraction of sp³-hybridized carbons (Fsp3) is 0.500. The van der Waals surface area contributed by atoms with Gasteiger partial charge in [-0.3, -0.25) is 18.9 Å². The molecule has 3 heterocycles. The van der Waals surface area contributed by atoms with Gasteiger partial charge in [0, 0.05) is 118 Å². The van der Waals surface area contributed by atoms with E-state index >= 15 is 0 Å². The first kappa shape index (κ1) is 40.6. The molecule has 1 saturated heterocycles. The van der Waals surface area contributed by atoms with Gasteiger partial charge in [-0.1, -0.05) is 0 Å². The van der Waals surface area contributed by atoms with Crippen LogP contribution in [-0.2, 0) is 27.3 Å². The van der Waals surface area contributed by atoms with E-state index in [9.17, 15) is 38.5 Å². The third-order valence-corrected chi connectivity index (χ3v) is 8.17. The number of aliphatic hydroxyl groups is 2. The zero-order chi connectivity index (χ0) is 24.1. The minimum atomic E-state index is -5.48. The molecule has 19 nitrogen and oxygen atoms in total. The molecule has 2 aromatic rings. The van der Waals surface area contributed by atoms with Crippen molar-refractivity contribution in [1.82, 2.24) is 24.4 Å². The zero-order valence-electron chi connectivity index (χ0n) is 19.4. The molecule has 0 saturated carbocycles. The van der Waals surface area contributed by atoms with Gasteiger partial charge in [-0.15, -0.1) is 4.86 Å². The Bertz CT molecular complexity index is 1230. The van der Waals surface area contributed by atoms with Crippen LogP contribution in [0.25, 0.3) is 11.2 Å². The average molecular weight is 614 g/mol. The largest absolute Gasteiger partial charge is 0.480 e. The van der Waals surface area contributed by atoms with Gasteiger partial charge in [-0.2, -0.15) is 9.29 Å². The molecule has 2 aromatic heterocycles. The Hall–Kier alpha value is 2.44. The van der Waals surface area contributed by atoms with E-state index < -0.39 is 60.0 Å². The second-order valence-corrected chi connectivity index (χ2v) is 11.1. The number of H-pyrrole nitrogens is 1. The van der Waals surface area contributed by atoms with Crippen molar-refractivity contribution in [1.29, 1.82) is 0 Å². The van der Waals surface area contributed by atoms with E-state index in [2.05, 4.69) is 23.8 Å². The fourth-order valence-corrected chi connectivity index (χ4v) is 6.17. The third kappa shape index (κ3) is 10.7. The summed E-state index contributed by atoms with van der Waals surface area (Å²) in [5.41, 5.74) is 4.52. The maximum absolute atomic E-state index is 11.9. The van der Waals surface area contributed by atoms with Crippen molar-refractivity contribution < 1.29 is 57.1 Å². The van der Waals surface area contributed by atoms with Crippen molar-refractivity contribution in [2.75, 3.05) is 12.3 Å². The summed E-state index contributed by atoms with van der Waals surface area (Å²) in [5, 5.41) is 20.4. The zero-order valence-corrected chi connectivity index (χ0v) is 30.1. The summed E-state index contributed by atoms with van der Waals surface area (Å²) in [7, 11) is -16.2. The molecule has 3 rings (SSSR count). The summed E-state index contributed by atoms with van der Waals surface area (Å²) in [4.78, 5) is 58.5. The van der Waals surface area contributed by atoms with Crippen LogP contribution in [0.2, 0.25) is 0 Å². The van der Waals surface area contributed by atoms with Crippen molar-refractivity contribution in [2.24, 2.45) is 0 Å². The number of aromatic nitrogens is 4. The van der Waals surface area contributed by atoms with Crippen LogP contribution in [-0.4, -0.2) is 192 Å². The van der Waals surface area contributed by atoms with Gasteiger partial charge in [0.1, 0.15) is 18.3 Å². The minimum absolute atomic E-state index is 0. The number of phosphoric acid groups is 1. The van der Waals surface area contributed by atoms with E-state index in [1.807, 2.05) is 0 Å². The van der Waals surface area contributed by atoms with E-state index in [1.165, 1.54) is 0 Å².